The summed E-state index contributed by atoms with van der Waals surface area (Å²) in [6.07, 6.45) is 3.18. The highest BCUT2D eigenvalue weighted by atomic mass is 32.1. The molecule has 3 aromatic rings. The van der Waals surface area contributed by atoms with Gasteiger partial charge >= 0.3 is 5.97 Å². The highest BCUT2D eigenvalue weighted by molar-refractivity contribution is 7.14. The van der Waals surface area contributed by atoms with E-state index in [-0.39, 0.29) is 18.0 Å². The van der Waals surface area contributed by atoms with Gasteiger partial charge in [-0.05, 0) is 12.1 Å². The monoisotopic (exact) mass is 358 g/mol. The van der Waals surface area contributed by atoms with Gasteiger partial charge in [0.2, 0.25) is 5.91 Å². The topological polar surface area (TPSA) is 106 Å². The van der Waals surface area contributed by atoms with Crippen LogP contribution in [0.15, 0.2) is 46.8 Å². The van der Waals surface area contributed by atoms with Gasteiger partial charge < -0.3 is 19.6 Å². The van der Waals surface area contributed by atoms with Gasteiger partial charge in [0, 0.05) is 29.4 Å². The van der Waals surface area contributed by atoms with Crippen LogP contribution < -0.4 is 10.9 Å². The van der Waals surface area contributed by atoms with E-state index in [1.807, 2.05) is 0 Å². The van der Waals surface area contributed by atoms with Crippen molar-refractivity contribution in [2.45, 2.75) is 6.54 Å². The minimum absolute atomic E-state index is 0.0920. The van der Waals surface area contributed by atoms with E-state index < -0.39 is 5.97 Å². The molecule has 0 aromatic carbocycles. The largest absolute Gasteiger partial charge is 0.464 e. The Labute approximate surface area is 146 Å². The first kappa shape index (κ1) is 16.7. The molecule has 0 radical (unpaired) electrons. The van der Waals surface area contributed by atoms with Crippen molar-refractivity contribution in [2.75, 3.05) is 12.4 Å². The molecule has 3 aromatic heterocycles. The van der Waals surface area contributed by atoms with Crippen LogP contribution in [0.5, 0.6) is 0 Å². The third-order valence-corrected chi connectivity index (χ3v) is 4.11. The number of nitrogens with zero attached hydrogens (tertiary/aromatic N) is 2. The summed E-state index contributed by atoms with van der Waals surface area (Å²) in [5, 5.41) is 4.82. The Balaban J connectivity index is 1.68. The fraction of sp³-hybridized carbons (Fsp3) is 0.125. The van der Waals surface area contributed by atoms with Crippen LogP contribution in [0.1, 0.15) is 10.5 Å². The molecule has 3 rings (SSSR count). The van der Waals surface area contributed by atoms with Crippen LogP contribution in [0.25, 0.3) is 11.3 Å². The van der Waals surface area contributed by atoms with Crippen LogP contribution in [-0.2, 0) is 16.1 Å². The van der Waals surface area contributed by atoms with E-state index in [0.717, 1.165) is 0 Å². The molecule has 0 aliphatic heterocycles. The second kappa shape index (κ2) is 7.14. The molecule has 25 heavy (non-hydrogen) atoms. The van der Waals surface area contributed by atoms with Crippen LogP contribution in [0.2, 0.25) is 0 Å². The number of methoxy groups -OCH3 is 1. The van der Waals surface area contributed by atoms with Crippen molar-refractivity contribution < 1.29 is 14.3 Å². The second-order valence-corrected chi connectivity index (χ2v) is 5.90. The molecule has 0 atom stereocenters. The lowest BCUT2D eigenvalue weighted by molar-refractivity contribution is -0.116. The smallest absolute Gasteiger partial charge is 0.354 e. The van der Waals surface area contributed by atoms with Crippen LogP contribution in [-0.4, -0.2) is 33.5 Å². The molecule has 0 bridgehead atoms. The molecule has 0 aliphatic carbocycles. The number of anilines is 1. The number of ether oxygens (including phenoxy) is 1. The Morgan fingerprint density at radius 3 is 3.00 bits per heavy atom. The third-order valence-electron chi connectivity index (χ3n) is 3.35. The lowest BCUT2D eigenvalue weighted by Crippen LogP contribution is -2.26. The van der Waals surface area contributed by atoms with E-state index >= 15 is 0 Å². The van der Waals surface area contributed by atoms with Crippen molar-refractivity contribution in [3.8, 4) is 11.3 Å². The number of carbonyl (C=O) groups is 2. The SMILES string of the molecule is COC(=O)c1cc(-c2csc(NC(=O)Cn3ccccc3=O)n2)c[nH]1. The lowest BCUT2D eigenvalue weighted by Gasteiger charge is -2.04. The lowest BCUT2D eigenvalue weighted by atomic mass is 10.2. The molecule has 3 heterocycles. The minimum Gasteiger partial charge on any atom is -0.464 e. The van der Waals surface area contributed by atoms with E-state index in [9.17, 15) is 14.4 Å². The Morgan fingerprint density at radius 1 is 1.40 bits per heavy atom. The zero-order valence-corrected chi connectivity index (χ0v) is 14.0. The molecule has 0 saturated carbocycles. The van der Waals surface area contributed by atoms with Crippen LogP contribution in [0, 0.1) is 0 Å². The molecule has 2 N–H and O–H groups in total. The second-order valence-electron chi connectivity index (χ2n) is 5.05. The number of pyridine rings is 1. The molecule has 0 spiro atoms. The molecular formula is C16H14N4O4S. The summed E-state index contributed by atoms with van der Waals surface area (Å²) in [5.41, 5.74) is 1.39. The molecule has 0 fully saturated rings. The van der Waals surface area contributed by atoms with Gasteiger partial charge in [0.1, 0.15) is 12.2 Å². The Morgan fingerprint density at radius 2 is 2.24 bits per heavy atom. The summed E-state index contributed by atoms with van der Waals surface area (Å²) in [7, 11) is 1.30. The quantitative estimate of drug-likeness (QED) is 0.676. The number of hydrogen-bond donors (Lipinski definition) is 2. The van der Waals surface area contributed by atoms with Gasteiger partial charge in [-0.1, -0.05) is 6.07 Å². The van der Waals surface area contributed by atoms with Crippen LogP contribution in [0.4, 0.5) is 5.13 Å². The van der Waals surface area contributed by atoms with Gasteiger partial charge in [-0.15, -0.1) is 11.3 Å². The zero-order valence-electron chi connectivity index (χ0n) is 13.2. The summed E-state index contributed by atoms with van der Waals surface area (Å²) in [6, 6.07) is 6.31. The molecule has 0 aliphatic rings. The summed E-state index contributed by atoms with van der Waals surface area (Å²) in [6.45, 7) is -0.0920. The van der Waals surface area contributed by atoms with Crippen LogP contribution in [0.3, 0.4) is 0 Å². The molecule has 128 valence electrons. The van der Waals surface area contributed by atoms with Gasteiger partial charge in [0.15, 0.2) is 5.13 Å². The van der Waals surface area contributed by atoms with Crippen molar-refractivity contribution in [1.29, 1.82) is 0 Å². The predicted molar refractivity (Wildman–Crippen MR) is 92.6 cm³/mol. The van der Waals surface area contributed by atoms with Crippen molar-refractivity contribution in [2.24, 2.45) is 0 Å². The highest BCUT2D eigenvalue weighted by Crippen LogP contribution is 2.25. The first-order chi connectivity index (χ1) is 12.1. The van der Waals surface area contributed by atoms with E-state index in [1.54, 1.807) is 36.0 Å². The molecule has 0 unspecified atom stereocenters. The maximum absolute atomic E-state index is 12.0. The van der Waals surface area contributed by atoms with Gasteiger partial charge in [0.25, 0.3) is 5.56 Å². The number of amides is 1. The maximum Gasteiger partial charge on any atom is 0.354 e. The first-order valence-electron chi connectivity index (χ1n) is 7.25. The van der Waals surface area contributed by atoms with Crippen molar-refractivity contribution >= 4 is 28.3 Å². The number of aromatic nitrogens is 3. The summed E-state index contributed by atoms with van der Waals surface area (Å²) >= 11 is 1.25. The molecule has 8 nitrogen and oxygen atoms in total. The number of nitrogens with one attached hydrogen (secondary N) is 2. The number of esters is 1. The predicted octanol–water partition coefficient (Wildman–Crippen LogP) is 1.73. The number of H-pyrrole nitrogens is 1. The summed E-state index contributed by atoms with van der Waals surface area (Å²) in [4.78, 5) is 42.2. The number of thiazole rings is 1. The van der Waals surface area contributed by atoms with Crippen LogP contribution >= 0.6 is 11.3 Å². The Bertz CT molecular complexity index is 972. The van der Waals surface area contributed by atoms with Crippen molar-refractivity contribution in [1.82, 2.24) is 14.5 Å². The average molecular weight is 358 g/mol. The summed E-state index contributed by atoms with van der Waals surface area (Å²) in [5.74, 6) is -0.818. The molecule has 1 amide bonds. The maximum atomic E-state index is 12.0. The minimum atomic E-state index is -0.469. The van der Waals surface area contributed by atoms with Crippen molar-refractivity contribution in [3.63, 3.8) is 0 Å². The number of rotatable bonds is 5. The molecule has 0 saturated heterocycles. The van der Waals surface area contributed by atoms with E-state index in [1.165, 1.54) is 29.1 Å². The van der Waals surface area contributed by atoms with Gasteiger partial charge in [-0.3, -0.25) is 9.59 Å². The van der Waals surface area contributed by atoms with Gasteiger partial charge in [0.05, 0.1) is 12.8 Å². The summed E-state index contributed by atoms with van der Waals surface area (Å²) < 4.78 is 5.94. The standard InChI is InChI=1S/C16H14N4O4S/c1-24-15(23)11-6-10(7-17-11)12-9-25-16(18-12)19-13(21)8-20-5-3-2-4-14(20)22/h2-7,9,17H,8H2,1H3,(H,18,19,21). The van der Waals surface area contributed by atoms with E-state index in [2.05, 4.69) is 20.0 Å². The number of aromatic amines is 1. The fourth-order valence-electron chi connectivity index (χ4n) is 2.14. The van der Waals surface area contributed by atoms with E-state index in [0.29, 0.717) is 22.1 Å². The molecular weight excluding hydrogens is 344 g/mol. The third kappa shape index (κ3) is 3.83. The normalized spacial score (nSPS) is 10.4. The first-order valence-corrected chi connectivity index (χ1v) is 8.13. The zero-order chi connectivity index (χ0) is 17.8. The number of hydrogen-bond acceptors (Lipinski definition) is 6. The van der Waals surface area contributed by atoms with E-state index in [4.69, 9.17) is 0 Å². The van der Waals surface area contributed by atoms with Gasteiger partial charge in [-0.2, -0.15) is 0 Å². The van der Waals surface area contributed by atoms with Gasteiger partial charge in [-0.25, -0.2) is 9.78 Å². The molecule has 9 heteroatoms. The fourth-order valence-corrected chi connectivity index (χ4v) is 2.87. The average Bonchev–Trinajstić information content (AvgIpc) is 3.25. The Hall–Kier alpha value is -3.20. The van der Waals surface area contributed by atoms with Crippen molar-refractivity contribution in [3.05, 3.63) is 58.1 Å². The highest BCUT2D eigenvalue weighted by Gasteiger charge is 2.13. The number of carbonyl (C=O) groups excluding carboxylic acids is 2. The Kier molecular flexibility index (Phi) is 4.75.